The Morgan fingerprint density at radius 3 is 2.54 bits per heavy atom. The van der Waals surface area contributed by atoms with E-state index in [-0.39, 0.29) is 30.1 Å². The second-order valence-electron chi connectivity index (χ2n) is 6.76. The molecule has 136 valence electrons. The van der Waals surface area contributed by atoms with Crippen molar-refractivity contribution < 1.29 is 14.0 Å². The van der Waals surface area contributed by atoms with E-state index in [1.165, 1.54) is 24.6 Å². The molecule has 0 fully saturated rings. The van der Waals surface area contributed by atoms with Crippen LogP contribution in [0.3, 0.4) is 0 Å². The third-order valence-electron chi connectivity index (χ3n) is 4.80. The summed E-state index contributed by atoms with van der Waals surface area (Å²) in [4.78, 5) is 28.2. The summed E-state index contributed by atoms with van der Waals surface area (Å²) in [5.74, 6) is -0.384. The number of anilines is 1. The smallest absolute Gasteiger partial charge is 0.229 e. The minimum Gasteiger partial charge on any atom is -0.338 e. The molecule has 2 aromatic rings. The van der Waals surface area contributed by atoms with Crippen LogP contribution in [0.1, 0.15) is 31.4 Å². The topological polar surface area (TPSA) is 40.6 Å². The molecule has 0 aliphatic carbocycles. The maximum absolute atomic E-state index is 13.0. The number of rotatable bonds is 5. The lowest BCUT2D eigenvalue weighted by atomic mass is 10.1. The number of benzene rings is 2. The fourth-order valence-electron chi connectivity index (χ4n) is 3.45. The Kier molecular flexibility index (Phi) is 5.35. The highest BCUT2D eigenvalue weighted by Crippen LogP contribution is 2.32. The van der Waals surface area contributed by atoms with Crippen LogP contribution in [0.2, 0.25) is 0 Å². The molecule has 2 aromatic carbocycles. The molecular formula is C21H23FN2O2. The Morgan fingerprint density at radius 2 is 1.85 bits per heavy atom. The molecule has 3 rings (SSSR count). The van der Waals surface area contributed by atoms with E-state index in [2.05, 4.69) is 6.07 Å². The highest BCUT2D eigenvalue weighted by atomic mass is 19.1. The third-order valence-corrected chi connectivity index (χ3v) is 4.80. The van der Waals surface area contributed by atoms with E-state index < -0.39 is 0 Å². The summed E-state index contributed by atoms with van der Waals surface area (Å²) in [7, 11) is 0. The zero-order valence-corrected chi connectivity index (χ0v) is 15.1. The fraction of sp³-hybridized carbons (Fsp3) is 0.333. The van der Waals surface area contributed by atoms with Crippen LogP contribution in [-0.2, 0) is 22.6 Å². The van der Waals surface area contributed by atoms with Crippen molar-refractivity contribution >= 4 is 17.5 Å². The van der Waals surface area contributed by atoms with Crippen molar-refractivity contribution in [1.29, 1.82) is 0 Å². The molecular weight excluding hydrogens is 331 g/mol. The summed E-state index contributed by atoms with van der Waals surface area (Å²) in [6, 6.07) is 14.1. The third kappa shape index (κ3) is 3.93. The Labute approximate surface area is 153 Å². The van der Waals surface area contributed by atoms with Gasteiger partial charge in [-0.3, -0.25) is 9.59 Å². The number of para-hydroxylation sites is 1. The number of carbonyl (C=O) groups is 2. The Bertz CT molecular complexity index is 804. The predicted octanol–water partition coefficient (Wildman–Crippen LogP) is 3.54. The monoisotopic (exact) mass is 354 g/mol. The van der Waals surface area contributed by atoms with Crippen LogP contribution in [0.15, 0.2) is 48.5 Å². The number of nitrogens with zero attached hydrogens (tertiary/aromatic N) is 2. The van der Waals surface area contributed by atoms with Crippen molar-refractivity contribution in [2.75, 3.05) is 11.4 Å². The maximum atomic E-state index is 13.0. The first-order valence-corrected chi connectivity index (χ1v) is 8.85. The number of hydrogen-bond acceptors (Lipinski definition) is 2. The van der Waals surface area contributed by atoms with E-state index >= 15 is 0 Å². The van der Waals surface area contributed by atoms with Crippen LogP contribution in [0.5, 0.6) is 0 Å². The SMILES string of the molecule is CC(=O)N(CCC(=O)N1c2ccccc2CC1C)Cc1ccc(F)cc1. The van der Waals surface area contributed by atoms with E-state index in [1.54, 1.807) is 17.0 Å². The zero-order chi connectivity index (χ0) is 18.7. The molecule has 1 unspecified atom stereocenters. The predicted molar refractivity (Wildman–Crippen MR) is 99.2 cm³/mol. The van der Waals surface area contributed by atoms with E-state index in [9.17, 15) is 14.0 Å². The summed E-state index contributed by atoms with van der Waals surface area (Å²) in [5.41, 5.74) is 3.00. The van der Waals surface area contributed by atoms with Gasteiger partial charge in [0.15, 0.2) is 0 Å². The highest BCUT2D eigenvalue weighted by molar-refractivity contribution is 5.96. The van der Waals surface area contributed by atoms with Crippen LogP contribution < -0.4 is 4.90 Å². The lowest BCUT2D eigenvalue weighted by Gasteiger charge is -2.25. The largest absolute Gasteiger partial charge is 0.338 e. The molecule has 1 heterocycles. The summed E-state index contributed by atoms with van der Waals surface area (Å²) in [6.07, 6.45) is 1.12. The van der Waals surface area contributed by atoms with Gasteiger partial charge in [-0.25, -0.2) is 4.39 Å². The molecule has 1 aliphatic heterocycles. The van der Waals surface area contributed by atoms with Gasteiger partial charge in [-0.05, 0) is 42.7 Å². The Morgan fingerprint density at radius 1 is 1.15 bits per heavy atom. The van der Waals surface area contributed by atoms with Crippen molar-refractivity contribution in [3.8, 4) is 0 Å². The minimum absolute atomic E-state index is 0.0211. The molecule has 1 atom stereocenters. The zero-order valence-electron chi connectivity index (χ0n) is 15.1. The number of amides is 2. The van der Waals surface area contributed by atoms with Gasteiger partial charge >= 0.3 is 0 Å². The maximum Gasteiger partial charge on any atom is 0.229 e. The van der Waals surface area contributed by atoms with Crippen LogP contribution in [0, 0.1) is 5.82 Å². The van der Waals surface area contributed by atoms with E-state index in [0.29, 0.717) is 13.1 Å². The van der Waals surface area contributed by atoms with Crippen LogP contribution >= 0.6 is 0 Å². The molecule has 2 amide bonds. The first-order valence-electron chi connectivity index (χ1n) is 8.85. The summed E-state index contributed by atoms with van der Waals surface area (Å²) < 4.78 is 13.0. The lowest BCUT2D eigenvalue weighted by molar-refractivity contribution is -0.130. The molecule has 0 bridgehead atoms. The van der Waals surface area contributed by atoms with Gasteiger partial charge in [-0.2, -0.15) is 0 Å². The van der Waals surface area contributed by atoms with Gasteiger partial charge in [0, 0.05) is 38.2 Å². The highest BCUT2D eigenvalue weighted by Gasteiger charge is 2.30. The average molecular weight is 354 g/mol. The second-order valence-corrected chi connectivity index (χ2v) is 6.76. The number of hydrogen-bond donors (Lipinski definition) is 0. The molecule has 0 spiro atoms. The van der Waals surface area contributed by atoms with Crippen molar-refractivity contribution in [3.05, 3.63) is 65.5 Å². The fourth-order valence-corrected chi connectivity index (χ4v) is 3.45. The standard InChI is InChI=1S/C21H23FN2O2/c1-15-13-18-5-3-4-6-20(18)24(15)21(26)11-12-23(16(2)25)14-17-7-9-19(22)10-8-17/h3-10,15H,11-14H2,1-2H3. The average Bonchev–Trinajstić information content (AvgIpc) is 2.95. The molecule has 0 radical (unpaired) electrons. The van der Waals surface area contributed by atoms with Crippen molar-refractivity contribution in [2.45, 2.75) is 39.3 Å². The Balaban J connectivity index is 1.65. The van der Waals surface area contributed by atoms with Crippen LogP contribution in [0.4, 0.5) is 10.1 Å². The van der Waals surface area contributed by atoms with E-state index in [1.807, 2.05) is 30.0 Å². The molecule has 0 saturated heterocycles. The molecule has 0 saturated carbocycles. The minimum atomic E-state index is -0.306. The van der Waals surface area contributed by atoms with Gasteiger partial charge in [0.05, 0.1) is 0 Å². The van der Waals surface area contributed by atoms with Gasteiger partial charge < -0.3 is 9.80 Å². The summed E-state index contributed by atoms with van der Waals surface area (Å²) >= 11 is 0. The normalized spacial score (nSPS) is 15.7. The van der Waals surface area contributed by atoms with Crippen molar-refractivity contribution in [3.63, 3.8) is 0 Å². The van der Waals surface area contributed by atoms with Crippen molar-refractivity contribution in [2.24, 2.45) is 0 Å². The second kappa shape index (κ2) is 7.68. The number of carbonyl (C=O) groups excluding carboxylic acids is 2. The number of fused-ring (bicyclic) bond motifs is 1. The van der Waals surface area contributed by atoms with Crippen LogP contribution in [0.25, 0.3) is 0 Å². The van der Waals surface area contributed by atoms with Gasteiger partial charge in [0.25, 0.3) is 0 Å². The van der Waals surface area contributed by atoms with Crippen molar-refractivity contribution in [1.82, 2.24) is 4.90 Å². The van der Waals surface area contributed by atoms with Gasteiger partial charge in [-0.15, -0.1) is 0 Å². The van der Waals surface area contributed by atoms with E-state index in [0.717, 1.165) is 17.7 Å². The molecule has 0 N–H and O–H groups in total. The molecule has 5 heteroatoms. The molecule has 4 nitrogen and oxygen atoms in total. The van der Waals surface area contributed by atoms with Gasteiger partial charge in [0.1, 0.15) is 5.82 Å². The first-order chi connectivity index (χ1) is 12.5. The first kappa shape index (κ1) is 18.1. The lowest BCUT2D eigenvalue weighted by Crippen LogP contribution is -2.39. The van der Waals surface area contributed by atoms with E-state index in [4.69, 9.17) is 0 Å². The quantitative estimate of drug-likeness (QED) is 0.824. The molecule has 0 aromatic heterocycles. The number of halogens is 1. The molecule has 1 aliphatic rings. The van der Waals surface area contributed by atoms with Gasteiger partial charge in [0.2, 0.25) is 11.8 Å². The van der Waals surface area contributed by atoms with Crippen LogP contribution in [-0.4, -0.2) is 29.3 Å². The summed E-state index contributed by atoms with van der Waals surface area (Å²) in [6.45, 7) is 4.24. The Hall–Kier alpha value is -2.69. The van der Waals surface area contributed by atoms with Gasteiger partial charge in [-0.1, -0.05) is 30.3 Å². The molecule has 26 heavy (non-hydrogen) atoms. The summed E-state index contributed by atoms with van der Waals surface area (Å²) in [5, 5.41) is 0.